The lowest BCUT2D eigenvalue weighted by Gasteiger charge is -2.17. The number of ether oxygens (including phenoxy) is 1. The Balaban J connectivity index is 2.90. The van der Waals surface area contributed by atoms with E-state index in [1.807, 2.05) is 18.2 Å². The van der Waals surface area contributed by atoms with Crippen molar-refractivity contribution in [1.29, 1.82) is 0 Å². The number of carbonyl (C=O) groups excluding carboxylic acids is 2. The summed E-state index contributed by atoms with van der Waals surface area (Å²) >= 11 is 3.36. The molecular formula is C12H14BrNO3. The summed E-state index contributed by atoms with van der Waals surface area (Å²) in [7, 11) is 3.16. The van der Waals surface area contributed by atoms with Gasteiger partial charge in [0.15, 0.2) is 0 Å². The van der Waals surface area contributed by atoms with E-state index in [0.29, 0.717) is 12.3 Å². The second-order valence-corrected chi connectivity index (χ2v) is 4.59. The number of likely N-dealkylation sites (N-methyl/N-ethyl adjacent to an activating group) is 1. The van der Waals surface area contributed by atoms with Crippen LogP contribution in [0.5, 0.6) is 5.75 Å². The lowest BCUT2D eigenvalue weighted by atomic mass is 10.2. The molecule has 17 heavy (non-hydrogen) atoms. The summed E-state index contributed by atoms with van der Waals surface area (Å²) in [6.07, 6.45) is 0. The van der Waals surface area contributed by atoms with Crippen molar-refractivity contribution in [2.24, 2.45) is 0 Å². The molecule has 1 rings (SSSR count). The number of benzene rings is 1. The van der Waals surface area contributed by atoms with E-state index in [4.69, 9.17) is 4.74 Å². The van der Waals surface area contributed by atoms with Crippen LogP contribution in [-0.4, -0.2) is 30.7 Å². The highest BCUT2D eigenvalue weighted by atomic mass is 79.9. The van der Waals surface area contributed by atoms with Crippen molar-refractivity contribution in [2.75, 3.05) is 14.2 Å². The van der Waals surface area contributed by atoms with E-state index in [1.54, 1.807) is 14.2 Å². The van der Waals surface area contributed by atoms with Gasteiger partial charge in [-0.3, -0.25) is 9.59 Å². The fourth-order valence-corrected chi connectivity index (χ4v) is 1.88. The molecule has 0 aromatic heterocycles. The van der Waals surface area contributed by atoms with Crippen LogP contribution in [0.15, 0.2) is 22.7 Å². The number of ketones is 1. The standard InChI is InChI=1S/C12H14BrNO3/c1-8(15)12(16)14(2)7-9-6-10(13)4-5-11(9)17-3/h4-6H,7H2,1-3H3. The number of rotatable bonds is 4. The van der Waals surface area contributed by atoms with Gasteiger partial charge >= 0.3 is 0 Å². The summed E-state index contributed by atoms with van der Waals surface area (Å²) < 4.78 is 6.10. The summed E-state index contributed by atoms with van der Waals surface area (Å²) in [4.78, 5) is 23.8. The highest BCUT2D eigenvalue weighted by Gasteiger charge is 2.15. The minimum Gasteiger partial charge on any atom is -0.496 e. The van der Waals surface area contributed by atoms with Gasteiger partial charge in [-0.1, -0.05) is 15.9 Å². The van der Waals surface area contributed by atoms with Crippen LogP contribution in [0.4, 0.5) is 0 Å². The smallest absolute Gasteiger partial charge is 0.289 e. The number of nitrogens with zero attached hydrogens (tertiary/aromatic N) is 1. The minimum atomic E-state index is -0.507. The molecule has 0 fully saturated rings. The summed E-state index contributed by atoms with van der Waals surface area (Å²) in [5, 5.41) is 0. The predicted octanol–water partition coefficient (Wildman–Crippen LogP) is 2.01. The summed E-state index contributed by atoms with van der Waals surface area (Å²) in [5.74, 6) is -0.287. The Labute approximate surface area is 109 Å². The van der Waals surface area contributed by atoms with Gasteiger partial charge in [-0.2, -0.15) is 0 Å². The number of hydrogen-bond acceptors (Lipinski definition) is 3. The van der Waals surface area contributed by atoms with Crippen LogP contribution in [0.3, 0.4) is 0 Å². The summed E-state index contributed by atoms with van der Waals surface area (Å²) in [6, 6.07) is 5.53. The lowest BCUT2D eigenvalue weighted by Crippen LogP contribution is -2.31. The Morgan fingerprint density at radius 2 is 2.06 bits per heavy atom. The second-order valence-electron chi connectivity index (χ2n) is 3.67. The van der Waals surface area contributed by atoms with Gasteiger partial charge in [-0.25, -0.2) is 0 Å². The SMILES string of the molecule is COc1ccc(Br)cc1CN(C)C(=O)C(C)=O. The van der Waals surface area contributed by atoms with Gasteiger partial charge in [0.1, 0.15) is 5.75 Å². The molecule has 0 unspecified atom stereocenters. The first-order valence-corrected chi connectivity index (χ1v) is 5.83. The van der Waals surface area contributed by atoms with Crippen LogP contribution < -0.4 is 4.74 Å². The number of hydrogen-bond donors (Lipinski definition) is 0. The molecule has 0 bridgehead atoms. The minimum absolute atomic E-state index is 0.334. The topological polar surface area (TPSA) is 46.6 Å². The summed E-state index contributed by atoms with van der Waals surface area (Å²) in [6.45, 7) is 1.60. The Hall–Kier alpha value is -1.36. The molecule has 0 N–H and O–H groups in total. The monoisotopic (exact) mass is 299 g/mol. The molecule has 0 heterocycles. The molecule has 92 valence electrons. The highest BCUT2D eigenvalue weighted by Crippen LogP contribution is 2.24. The van der Waals surface area contributed by atoms with E-state index in [2.05, 4.69) is 15.9 Å². The fraction of sp³-hybridized carbons (Fsp3) is 0.333. The van der Waals surface area contributed by atoms with Crippen LogP contribution in [0.2, 0.25) is 0 Å². The zero-order valence-corrected chi connectivity index (χ0v) is 11.6. The molecule has 0 atom stereocenters. The third-order valence-corrected chi connectivity index (χ3v) is 2.79. The molecule has 0 radical (unpaired) electrons. The quantitative estimate of drug-likeness (QED) is 0.799. The molecule has 0 saturated carbocycles. The Bertz CT molecular complexity index is 445. The van der Waals surface area contributed by atoms with Crippen LogP contribution in [0.1, 0.15) is 12.5 Å². The number of Topliss-reactive ketones (excluding diaryl/α,β-unsaturated/α-hetero) is 1. The molecule has 0 saturated heterocycles. The van der Waals surface area contributed by atoms with E-state index in [0.717, 1.165) is 10.0 Å². The molecule has 0 aliphatic rings. The average molecular weight is 300 g/mol. The van der Waals surface area contributed by atoms with Gasteiger partial charge < -0.3 is 9.64 Å². The van der Waals surface area contributed by atoms with Gasteiger partial charge in [0.05, 0.1) is 7.11 Å². The molecular weight excluding hydrogens is 286 g/mol. The van der Waals surface area contributed by atoms with Crippen molar-refractivity contribution in [3.63, 3.8) is 0 Å². The third kappa shape index (κ3) is 3.56. The first-order chi connectivity index (χ1) is 7.95. The van der Waals surface area contributed by atoms with Crippen LogP contribution in [0, 0.1) is 0 Å². The number of halogens is 1. The highest BCUT2D eigenvalue weighted by molar-refractivity contribution is 9.10. The molecule has 1 amide bonds. The zero-order valence-electron chi connectivity index (χ0n) is 9.99. The molecule has 4 nitrogen and oxygen atoms in total. The van der Waals surface area contributed by atoms with Crippen molar-refractivity contribution < 1.29 is 14.3 Å². The maximum atomic E-state index is 11.5. The largest absolute Gasteiger partial charge is 0.496 e. The molecule has 0 aliphatic heterocycles. The normalized spacial score (nSPS) is 9.88. The van der Waals surface area contributed by atoms with Gasteiger partial charge in [0, 0.05) is 30.6 Å². The van der Waals surface area contributed by atoms with Crippen LogP contribution in [0.25, 0.3) is 0 Å². The van der Waals surface area contributed by atoms with E-state index in [1.165, 1.54) is 11.8 Å². The molecule has 5 heteroatoms. The van der Waals surface area contributed by atoms with Gasteiger partial charge in [-0.15, -0.1) is 0 Å². The van der Waals surface area contributed by atoms with Crippen molar-refractivity contribution in [3.05, 3.63) is 28.2 Å². The van der Waals surface area contributed by atoms with Crippen molar-refractivity contribution in [2.45, 2.75) is 13.5 Å². The Morgan fingerprint density at radius 3 is 2.59 bits per heavy atom. The molecule has 0 aliphatic carbocycles. The summed E-state index contributed by atoms with van der Waals surface area (Å²) in [5.41, 5.74) is 0.846. The maximum Gasteiger partial charge on any atom is 0.289 e. The maximum absolute atomic E-state index is 11.5. The number of amides is 1. The van der Waals surface area contributed by atoms with Crippen molar-refractivity contribution >= 4 is 27.6 Å². The third-order valence-electron chi connectivity index (χ3n) is 2.30. The molecule has 1 aromatic carbocycles. The van der Waals surface area contributed by atoms with Crippen molar-refractivity contribution in [3.8, 4) is 5.75 Å². The first kappa shape index (κ1) is 13.7. The first-order valence-electron chi connectivity index (χ1n) is 5.04. The Morgan fingerprint density at radius 1 is 1.41 bits per heavy atom. The van der Waals surface area contributed by atoms with Crippen molar-refractivity contribution in [1.82, 2.24) is 4.90 Å². The van der Waals surface area contributed by atoms with Gasteiger partial charge in [-0.05, 0) is 18.2 Å². The van der Waals surface area contributed by atoms with E-state index in [-0.39, 0.29) is 0 Å². The zero-order chi connectivity index (χ0) is 13.0. The Kier molecular flexibility index (Phi) is 4.69. The lowest BCUT2D eigenvalue weighted by molar-refractivity contribution is -0.143. The van der Waals surface area contributed by atoms with Gasteiger partial charge in [0.25, 0.3) is 5.91 Å². The van der Waals surface area contributed by atoms with Crippen LogP contribution >= 0.6 is 15.9 Å². The van der Waals surface area contributed by atoms with E-state index < -0.39 is 11.7 Å². The second kappa shape index (κ2) is 5.82. The molecule has 1 aromatic rings. The fourth-order valence-electron chi connectivity index (χ4n) is 1.47. The molecule has 0 spiro atoms. The number of methoxy groups -OCH3 is 1. The van der Waals surface area contributed by atoms with Gasteiger partial charge in [0.2, 0.25) is 5.78 Å². The predicted molar refractivity (Wildman–Crippen MR) is 67.8 cm³/mol. The average Bonchev–Trinajstić information content (AvgIpc) is 2.28. The number of carbonyl (C=O) groups is 2. The van der Waals surface area contributed by atoms with E-state index >= 15 is 0 Å². The van der Waals surface area contributed by atoms with E-state index in [9.17, 15) is 9.59 Å². The van der Waals surface area contributed by atoms with Crippen LogP contribution in [-0.2, 0) is 16.1 Å².